The Morgan fingerprint density at radius 2 is 1.62 bits per heavy atom. The van der Waals surface area contributed by atoms with Gasteiger partial charge in [0.05, 0.1) is 0 Å². The molecule has 2 amide bonds. The summed E-state index contributed by atoms with van der Waals surface area (Å²) in [4.78, 5) is 23.9. The van der Waals surface area contributed by atoms with Crippen molar-refractivity contribution in [2.24, 2.45) is 0 Å². The van der Waals surface area contributed by atoms with Crippen molar-refractivity contribution in [2.75, 3.05) is 17.2 Å². The Morgan fingerprint density at radius 1 is 0.962 bits per heavy atom. The zero-order valence-corrected chi connectivity index (χ0v) is 16.3. The molecular weight excluding hydrogens is 396 g/mol. The number of ether oxygens (including phenoxy) is 1. The molecule has 0 atom stereocenters. The van der Waals surface area contributed by atoms with E-state index in [1.165, 1.54) is 0 Å². The summed E-state index contributed by atoms with van der Waals surface area (Å²) in [5.41, 5.74) is 1.28. The number of anilines is 2. The monoisotopic (exact) mass is 418 g/mol. The first-order chi connectivity index (χ1) is 12.6. The van der Waals surface area contributed by atoms with Crippen molar-refractivity contribution >= 4 is 39.1 Å². The minimum atomic E-state index is -0.264. The Morgan fingerprint density at radius 3 is 2.27 bits per heavy atom. The van der Waals surface area contributed by atoms with Crippen LogP contribution >= 0.6 is 15.9 Å². The number of amides is 2. The molecule has 138 valence electrons. The number of rotatable bonds is 9. The maximum atomic E-state index is 12.0. The fourth-order valence-corrected chi connectivity index (χ4v) is 2.57. The van der Waals surface area contributed by atoms with Gasteiger partial charge in [0.2, 0.25) is 5.91 Å². The second-order valence-corrected chi connectivity index (χ2v) is 6.79. The van der Waals surface area contributed by atoms with E-state index in [2.05, 4.69) is 33.5 Å². The van der Waals surface area contributed by atoms with Crippen LogP contribution in [0.15, 0.2) is 53.0 Å². The molecule has 2 aromatic rings. The smallest absolute Gasteiger partial charge is 0.262 e. The van der Waals surface area contributed by atoms with Gasteiger partial charge < -0.3 is 15.4 Å². The summed E-state index contributed by atoms with van der Waals surface area (Å²) in [5.74, 6) is 0.344. The van der Waals surface area contributed by atoms with Crippen LogP contribution in [-0.2, 0) is 9.59 Å². The van der Waals surface area contributed by atoms with Crippen molar-refractivity contribution < 1.29 is 14.3 Å². The fourth-order valence-electron chi connectivity index (χ4n) is 2.31. The molecule has 26 heavy (non-hydrogen) atoms. The molecule has 0 fully saturated rings. The van der Waals surface area contributed by atoms with E-state index < -0.39 is 0 Å². The van der Waals surface area contributed by atoms with E-state index >= 15 is 0 Å². The van der Waals surface area contributed by atoms with Crippen LogP contribution in [0.25, 0.3) is 0 Å². The van der Waals surface area contributed by atoms with E-state index in [1.807, 2.05) is 12.1 Å². The molecular formula is C20H23BrN2O3. The van der Waals surface area contributed by atoms with E-state index in [9.17, 15) is 9.59 Å². The zero-order valence-electron chi connectivity index (χ0n) is 14.8. The van der Waals surface area contributed by atoms with Crippen LogP contribution in [0, 0.1) is 0 Å². The van der Waals surface area contributed by atoms with Crippen LogP contribution in [0.2, 0.25) is 0 Å². The van der Waals surface area contributed by atoms with E-state index in [-0.39, 0.29) is 18.4 Å². The lowest BCUT2D eigenvalue weighted by Gasteiger charge is -2.10. The third-order valence-electron chi connectivity index (χ3n) is 3.62. The number of hydrogen-bond acceptors (Lipinski definition) is 3. The Labute approximate surface area is 162 Å². The van der Waals surface area contributed by atoms with Gasteiger partial charge in [0.15, 0.2) is 6.61 Å². The summed E-state index contributed by atoms with van der Waals surface area (Å²) in [7, 11) is 0. The Bertz CT molecular complexity index is 732. The molecule has 2 aromatic carbocycles. The standard InChI is InChI=1S/C20H23BrN2O3/c1-2-3-4-8-19(24)22-16-6-5-7-17(13-16)23-20(25)14-26-18-11-9-15(21)10-12-18/h5-7,9-13H,2-4,8,14H2,1H3,(H,22,24)(H,23,25). The molecule has 0 unspecified atom stereocenters. The fraction of sp³-hybridized carbons (Fsp3) is 0.300. The predicted octanol–water partition coefficient (Wildman–Crippen LogP) is 4.99. The summed E-state index contributed by atoms with van der Waals surface area (Å²) in [6, 6.07) is 14.3. The molecule has 0 aliphatic carbocycles. The summed E-state index contributed by atoms with van der Waals surface area (Å²) in [6.45, 7) is 2.01. The first-order valence-electron chi connectivity index (χ1n) is 8.65. The Kier molecular flexibility index (Phi) is 8.15. The molecule has 5 nitrogen and oxygen atoms in total. The molecule has 2 rings (SSSR count). The van der Waals surface area contributed by atoms with Gasteiger partial charge in [-0.2, -0.15) is 0 Å². The number of nitrogens with one attached hydrogen (secondary N) is 2. The van der Waals surface area contributed by atoms with E-state index in [1.54, 1.807) is 36.4 Å². The van der Waals surface area contributed by atoms with Crippen LogP contribution in [0.3, 0.4) is 0 Å². The van der Waals surface area contributed by atoms with Gasteiger partial charge in [-0.15, -0.1) is 0 Å². The maximum absolute atomic E-state index is 12.0. The average molecular weight is 419 g/mol. The number of carbonyl (C=O) groups is 2. The lowest BCUT2D eigenvalue weighted by molar-refractivity contribution is -0.118. The van der Waals surface area contributed by atoms with Gasteiger partial charge in [0, 0.05) is 22.3 Å². The second kappa shape index (κ2) is 10.6. The minimum Gasteiger partial charge on any atom is -0.484 e. The van der Waals surface area contributed by atoms with Gasteiger partial charge in [-0.3, -0.25) is 9.59 Å². The first-order valence-corrected chi connectivity index (χ1v) is 9.44. The molecule has 0 aliphatic rings. The van der Waals surface area contributed by atoms with Crippen molar-refractivity contribution in [3.05, 3.63) is 53.0 Å². The highest BCUT2D eigenvalue weighted by Crippen LogP contribution is 2.17. The zero-order chi connectivity index (χ0) is 18.8. The van der Waals surface area contributed by atoms with E-state index in [4.69, 9.17) is 4.74 Å². The predicted molar refractivity (Wildman–Crippen MR) is 107 cm³/mol. The molecule has 6 heteroatoms. The molecule has 0 aromatic heterocycles. The highest BCUT2D eigenvalue weighted by atomic mass is 79.9. The third-order valence-corrected chi connectivity index (χ3v) is 4.15. The van der Waals surface area contributed by atoms with Crippen molar-refractivity contribution in [3.8, 4) is 5.75 Å². The molecule has 0 bridgehead atoms. The van der Waals surface area contributed by atoms with Crippen molar-refractivity contribution in [1.29, 1.82) is 0 Å². The van der Waals surface area contributed by atoms with Crippen molar-refractivity contribution in [3.63, 3.8) is 0 Å². The minimum absolute atomic E-state index is 0.0134. The van der Waals surface area contributed by atoms with Gasteiger partial charge in [-0.25, -0.2) is 0 Å². The molecule has 0 heterocycles. The molecule has 0 saturated heterocycles. The van der Waals surface area contributed by atoms with Crippen LogP contribution in [0.5, 0.6) is 5.75 Å². The topological polar surface area (TPSA) is 67.4 Å². The van der Waals surface area contributed by atoms with Gasteiger partial charge in [-0.1, -0.05) is 41.8 Å². The summed E-state index contributed by atoms with van der Waals surface area (Å²) >= 11 is 3.35. The molecule has 0 saturated carbocycles. The molecule has 0 radical (unpaired) electrons. The van der Waals surface area contributed by atoms with Gasteiger partial charge in [0.25, 0.3) is 5.91 Å². The van der Waals surface area contributed by atoms with E-state index in [0.717, 1.165) is 23.7 Å². The van der Waals surface area contributed by atoms with Gasteiger partial charge >= 0.3 is 0 Å². The summed E-state index contributed by atoms with van der Waals surface area (Å²) in [5, 5.41) is 5.62. The Hall–Kier alpha value is -2.34. The lowest BCUT2D eigenvalue weighted by atomic mass is 10.2. The van der Waals surface area contributed by atoms with Crippen molar-refractivity contribution in [1.82, 2.24) is 0 Å². The normalized spacial score (nSPS) is 10.2. The number of unbranched alkanes of at least 4 members (excludes halogenated alkanes) is 2. The number of halogens is 1. The first kappa shape index (κ1) is 20.0. The van der Waals surface area contributed by atoms with Crippen LogP contribution in [0.4, 0.5) is 11.4 Å². The summed E-state index contributed by atoms with van der Waals surface area (Å²) in [6.07, 6.45) is 3.51. The van der Waals surface area contributed by atoms with Gasteiger partial charge in [-0.05, 0) is 48.9 Å². The summed E-state index contributed by atoms with van der Waals surface area (Å²) < 4.78 is 6.39. The molecule has 2 N–H and O–H groups in total. The number of hydrogen-bond donors (Lipinski definition) is 2. The van der Waals surface area contributed by atoms with Gasteiger partial charge in [0.1, 0.15) is 5.75 Å². The second-order valence-electron chi connectivity index (χ2n) is 5.88. The number of benzene rings is 2. The quantitative estimate of drug-likeness (QED) is 0.563. The maximum Gasteiger partial charge on any atom is 0.262 e. The Balaban J connectivity index is 1.82. The van der Waals surface area contributed by atoms with Crippen LogP contribution in [-0.4, -0.2) is 18.4 Å². The number of carbonyl (C=O) groups excluding carboxylic acids is 2. The molecule has 0 spiro atoms. The van der Waals surface area contributed by atoms with Crippen LogP contribution in [0.1, 0.15) is 32.6 Å². The highest BCUT2D eigenvalue weighted by Gasteiger charge is 2.06. The van der Waals surface area contributed by atoms with E-state index in [0.29, 0.717) is 23.5 Å². The average Bonchev–Trinajstić information content (AvgIpc) is 2.62. The lowest BCUT2D eigenvalue weighted by Crippen LogP contribution is -2.20. The largest absolute Gasteiger partial charge is 0.484 e. The highest BCUT2D eigenvalue weighted by molar-refractivity contribution is 9.10. The van der Waals surface area contributed by atoms with Crippen molar-refractivity contribution in [2.45, 2.75) is 32.6 Å². The van der Waals surface area contributed by atoms with Crippen LogP contribution < -0.4 is 15.4 Å². The third kappa shape index (κ3) is 7.27. The SMILES string of the molecule is CCCCCC(=O)Nc1cccc(NC(=O)COc2ccc(Br)cc2)c1. The molecule has 0 aliphatic heterocycles.